The number of thioether (sulfide) groups is 2. The molecule has 7 heteroatoms. The highest BCUT2D eigenvalue weighted by Crippen LogP contribution is 2.35. The van der Waals surface area contributed by atoms with Gasteiger partial charge < -0.3 is 25.5 Å². The van der Waals surface area contributed by atoms with E-state index in [4.69, 9.17) is 10.2 Å². The molecule has 5 N–H and O–H groups in total. The first-order valence-corrected chi connectivity index (χ1v) is 6.74. The van der Waals surface area contributed by atoms with Gasteiger partial charge in [-0.2, -0.15) is 0 Å². The quantitative estimate of drug-likeness (QED) is 0.397. The van der Waals surface area contributed by atoms with Crippen LogP contribution in [0.3, 0.4) is 0 Å². The van der Waals surface area contributed by atoms with Crippen LogP contribution in [0.5, 0.6) is 0 Å². The Morgan fingerprint density at radius 3 is 2.00 bits per heavy atom. The van der Waals surface area contributed by atoms with Crippen molar-refractivity contribution < 1.29 is 25.5 Å². The molecule has 0 amide bonds. The molecule has 1 aliphatic rings. The lowest BCUT2D eigenvalue weighted by atomic mass is 10.0. The van der Waals surface area contributed by atoms with E-state index >= 15 is 0 Å². The summed E-state index contributed by atoms with van der Waals surface area (Å²) in [5.41, 5.74) is 0. The lowest BCUT2D eigenvalue weighted by Gasteiger charge is -2.28. The molecule has 1 saturated heterocycles. The molecule has 0 aromatic rings. The fourth-order valence-corrected chi connectivity index (χ4v) is 4.19. The summed E-state index contributed by atoms with van der Waals surface area (Å²) in [5, 5.41) is 46.3. The normalized spacial score (nSPS) is 26.2. The number of aliphatic hydroxyl groups excluding tert-OH is 5. The zero-order chi connectivity index (χ0) is 11.4. The van der Waals surface area contributed by atoms with E-state index in [1.54, 1.807) is 0 Å². The first-order valence-electron chi connectivity index (χ1n) is 4.64. The van der Waals surface area contributed by atoms with Gasteiger partial charge in [0.25, 0.3) is 0 Å². The molecule has 0 aliphatic carbocycles. The lowest BCUT2D eigenvalue weighted by Crippen LogP contribution is -2.48. The molecule has 1 rings (SSSR count). The van der Waals surface area contributed by atoms with Crippen LogP contribution in [0, 0.1) is 0 Å². The fourth-order valence-electron chi connectivity index (χ4n) is 1.27. The highest BCUT2D eigenvalue weighted by Gasteiger charge is 2.36. The Morgan fingerprint density at radius 2 is 1.53 bits per heavy atom. The Hall–Kier alpha value is 0.500. The maximum atomic E-state index is 9.69. The molecule has 0 aromatic carbocycles. The molecule has 0 bridgehead atoms. The minimum Gasteiger partial charge on any atom is -0.394 e. The second-order valence-corrected chi connectivity index (χ2v) is 6.13. The number of hydrogen-bond acceptors (Lipinski definition) is 7. The summed E-state index contributed by atoms with van der Waals surface area (Å²) in [4.78, 5) is 0. The monoisotopic (exact) mass is 256 g/mol. The zero-order valence-electron chi connectivity index (χ0n) is 8.06. The minimum absolute atomic E-state index is 0.180. The van der Waals surface area contributed by atoms with Gasteiger partial charge in [-0.1, -0.05) is 0 Å². The molecule has 0 spiro atoms. The maximum absolute atomic E-state index is 9.69. The molecule has 0 saturated carbocycles. The first-order chi connectivity index (χ1) is 7.07. The van der Waals surface area contributed by atoms with Gasteiger partial charge in [-0.15, -0.1) is 23.5 Å². The van der Waals surface area contributed by atoms with Crippen LogP contribution >= 0.6 is 23.5 Å². The summed E-state index contributed by atoms with van der Waals surface area (Å²) in [6.07, 6.45) is -5.48. The summed E-state index contributed by atoms with van der Waals surface area (Å²) in [5.74, 6) is 1.80. The predicted octanol–water partition coefficient (Wildman–Crippen LogP) is -1.77. The van der Waals surface area contributed by atoms with Gasteiger partial charge in [0.1, 0.15) is 24.4 Å². The van der Waals surface area contributed by atoms with Crippen LogP contribution in [0.4, 0.5) is 0 Å². The zero-order valence-corrected chi connectivity index (χ0v) is 9.69. The molecule has 0 radical (unpaired) electrons. The third kappa shape index (κ3) is 3.48. The van der Waals surface area contributed by atoms with Crippen LogP contribution in [0.25, 0.3) is 0 Å². The Morgan fingerprint density at radius 1 is 1.00 bits per heavy atom. The van der Waals surface area contributed by atoms with Crippen molar-refractivity contribution in [2.24, 2.45) is 0 Å². The van der Waals surface area contributed by atoms with Crippen molar-refractivity contribution in [1.29, 1.82) is 0 Å². The third-order valence-electron chi connectivity index (χ3n) is 2.21. The van der Waals surface area contributed by atoms with E-state index in [2.05, 4.69) is 0 Å². The van der Waals surface area contributed by atoms with Gasteiger partial charge >= 0.3 is 0 Å². The van der Waals surface area contributed by atoms with E-state index in [-0.39, 0.29) is 4.58 Å². The van der Waals surface area contributed by atoms with E-state index in [1.165, 1.54) is 23.5 Å². The molecular formula is C8H16O5S2. The highest BCUT2D eigenvalue weighted by atomic mass is 32.2. The van der Waals surface area contributed by atoms with E-state index < -0.39 is 31.0 Å². The molecule has 1 aliphatic heterocycles. The van der Waals surface area contributed by atoms with Crippen LogP contribution in [-0.4, -0.2) is 72.6 Å². The van der Waals surface area contributed by atoms with Crippen molar-refractivity contribution in [3.05, 3.63) is 0 Å². The van der Waals surface area contributed by atoms with Crippen LogP contribution in [0.15, 0.2) is 0 Å². The molecule has 1 heterocycles. The first kappa shape index (κ1) is 13.6. The van der Waals surface area contributed by atoms with Gasteiger partial charge in [0, 0.05) is 11.5 Å². The number of rotatable bonds is 5. The SMILES string of the molecule is OC[C@@H](O)[C@@H](O)[C@H](O)[C@H](O)C1SCCS1. The minimum atomic E-state index is -1.52. The molecule has 0 unspecified atom stereocenters. The van der Waals surface area contributed by atoms with E-state index in [1.807, 2.05) is 0 Å². The summed E-state index contributed by atoms with van der Waals surface area (Å²) >= 11 is 3.03. The molecule has 1 fully saturated rings. The van der Waals surface area contributed by atoms with Crippen LogP contribution in [0.1, 0.15) is 0 Å². The lowest BCUT2D eigenvalue weighted by molar-refractivity contribution is -0.111. The topological polar surface area (TPSA) is 101 Å². The molecule has 90 valence electrons. The maximum Gasteiger partial charge on any atom is 0.111 e. The second-order valence-electron chi connectivity index (χ2n) is 3.33. The molecular weight excluding hydrogens is 240 g/mol. The predicted molar refractivity (Wildman–Crippen MR) is 59.8 cm³/mol. The van der Waals surface area contributed by atoms with Crippen LogP contribution in [-0.2, 0) is 0 Å². The van der Waals surface area contributed by atoms with E-state index in [9.17, 15) is 15.3 Å². The Kier molecular flexibility index (Phi) is 5.69. The van der Waals surface area contributed by atoms with Crippen LogP contribution in [0.2, 0.25) is 0 Å². The van der Waals surface area contributed by atoms with Gasteiger partial charge in [-0.05, 0) is 0 Å². The van der Waals surface area contributed by atoms with Gasteiger partial charge in [0.15, 0.2) is 0 Å². The van der Waals surface area contributed by atoms with Crippen molar-refractivity contribution in [3.63, 3.8) is 0 Å². The largest absolute Gasteiger partial charge is 0.394 e. The van der Waals surface area contributed by atoms with Crippen molar-refractivity contribution in [1.82, 2.24) is 0 Å². The smallest absolute Gasteiger partial charge is 0.111 e. The number of hydrogen-bond donors (Lipinski definition) is 5. The Balaban J connectivity index is 2.46. The summed E-state index contributed by atoms with van der Waals surface area (Å²) in [7, 11) is 0. The van der Waals surface area contributed by atoms with Gasteiger partial charge in [0.05, 0.1) is 11.2 Å². The second kappa shape index (κ2) is 6.29. The van der Waals surface area contributed by atoms with Gasteiger partial charge in [-0.3, -0.25) is 0 Å². The van der Waals surface area contributed by atoms with Crippen molar-refractivity contribution >= 4 is 23.5 Å². The van der Waals surface area contributed by atoms with Crippen molar-refractivity contribution in [3.8, 4) is 0 Å². The average Bonchev–Trinajstić information content (AvgIpc) is 2.78. The highest BCUT2D eigenvalue weighted by molar-refractivity contribution is 8.20. The summed E-state index contributed by atoms with van der Waals surface area (Å²) in [6, 6.07) is 0. The van der Waals surface area contributed by atoms with Gasteiger partial charge in [0.2, 0.25) is 0 Å². The average molecular weight is 256 g/mol. The van der Waals surface area contributed by atoms with Crippen LogP contribution < -0.4 is 0 Å². The molecule has 0 aromatic heterocycles. The Labute approximate surface area is 96.5 Å². The van der Waals surface area contributed by atoms with Crippen molar-refractivity contribution in [2.75, 3.05) is 18.1 Å². The third-order valence-corrected chi connectivity index (χ3v) is 5.38. The molecule has 15 heavy (non-hydrogen) atoms. The van der Waals surface area contributed by atoms with Gasteiger partial charge in [-0.25, -0.2) is 0 Å². The molecule has 4 atom stereocenters. The van der Waals surface area contributed by atoms with E-state index in [0.29, 0.717) is 0 Å². The molecule has 5 nitrogen and oxygen atoms in total. The fraction of sp³-hybridized carbons (Fsp3) is 1.00. The van der Waals surface area contributed by atoms with E-state index in [0.717, 1.165) is 11.5 Å². The standard InChI is InChI=1S/C8H16O5S2/c9-3-4(10)5(11)6(12)7(13)8-14-1-2-15-8/h4-13H,1-3H2/t4-,5-,6+,7+/m1/s1. The summed E-state index contributed by atoms with van der Waals surface area (Å²) in [6.45, 7) is -0.643. The number of aliphatic hydroxyl groups is 5. The Bertz CT molecular complexity index is 188. The summed E-state index contributed by atoms with van der Waals surface area (Å²) < 4.78 is -0.180. The van der Waals surface area contributed by atoms with Crippen molar-refractivity contribution in [2.45, 2.75) is 29.0 Å².